The van der Waals surface area contributed by atoms with Crippen LogP contribution in [0, 0.1) is 12.3 Å². The molecule has 0 bridgehead atoms. The van der Waals surface area contributed by atoms with Crippen LogP contribution in [0.3, 0.4) is 0 Å². The molecule has 1 aliphatic rings. The van der Waals surface area contributed by atoms with Crippen LogP contribution < -0.4 is 0 Å². The molecule has 0 aromatic heterocycles. The van der Waals surface area contributed by atoms with Crippen LogP contribution in [0.1, 0.15) is 23.1 Å². The van der Waals surface area contributed by atoms with Gasteiger partial charge in [0.15, 0.2) is 0 Å². The first-order valence-electron chi connectivity index (χ1n) is 11.9. The van der Waals surface area contributed by atoms with E-state index in [1.54, 1.807) is 0 Å². The van der Waals surface area contributed by atoms with Crippen LogP contribution in [0.2, 0.25) is 0 Å². The first-order chi connectivity index (χ1) is 17.2. The predicted octanol–water partition coefficient (Wildman–Crippen LogP) is 4.53. The third-order valence-corrected chi connectivity index (χ3v) is 6.04. The number of hydrogen-bond acceptors (Lipinski definition) is 5. The highest BCUT2D eigenvalue weighted by Gasteiger charge is 2.46. The maximum absolute atomic E-state index is 11.2. The van der Waals surface area contributed by atoms with Gasteiger partial charge in [-0.05, 0) is 16.7 Å². The van der Waals surface area contributed by atoms with Gasteiger partial charge in [-0.1, -0.05) is 91.0 Å². The van der Waals surface area contributed by atoms with Crippen LogP contribution in [-0.4, -0.2) is 42.2 Å². The van der Waals surface area contributed by atoms with Crippen molar-refractivity contribution in [3.05, 3.63) is 108 Å². The van der Waals surface area contributed by atoms with Crippen LogP contribution in [0.15, 0.2) is 91.0 Å². The Morgan fingerprint density at radius 1 is 0.686 bits per heavy atom. The fraction of sp³-hybridized carbons (Fsp3) is 0.333. The number of aliphatic hydroxyl groups excluding tert-OH is 1. The maximum atomic E-state index is 11.2. The molecule has 0 aliphatic carbocycles. The highest BCUT2D eigenvalue weighted by Crippen LogP contribution is 2.29. The molecule has 0 amide bonds. The number of aliphatic hydroxyl groups is 1. The molecule has 182 valence electrons. The van der Waals surface area contributed by atoms with Gasteiger partial charge >= 0.3 is 0 Å². The first-order valence-corrected chi connectivity index (χ1v) is 11.9. The Kier molecular flexibility index (Phi) is 9.47. The van der Waals surface area contributed by atoms with Crippen molar-refractivity contribution in [3.63, 3.8) is 0 Å². The minimum absolute atomic E-state index is 0.271. The first kappa shape index (κ1) is 25.1. The zero-order valence-electron chi connectivity index (χ0n) is 19.7. The van der Waals surface area contributed by atoms with E-state index in [0.717, 1.165) is 16.7 Å². The average molecular weight is 473 g/mol. The molecule has 35 heavy (non-hydrogen) atoms. The van der Waals surface area contributed by atoms with Gasteiger partial charge in [-0.2, -0.15) is 0 Å². The van der Waals surface area contributed by atoms with E-state index in [1.807, 2.05) is 91.0 Å². The van der Waals surface area contributed by atoms with E-state index < -0.39 is 30.5 Å². The van der Waals surface area contributed by atoms with Crippen LogP contribution in [0.5, 0.6) is 0 Å². The lowest BCUT2D eigenvalue weighted by Crippen LogP contribution is -2.60. The normalized spacial score (nSPS) is 24.1. The van der Waals surface area contributed by atoms with Crippen LogP contribution in [0.4, 0.5) is 0 Å². The zero-order valence-corrected chi connectivity index (χ0v) is 19.7. The fourth-order valence-corrected chi connectivity index (χ4v) is 4.22. The van der Waals surface area contributed by atoms with Gasteiger partial charge in [0.05, 0.1) is 32.5 Å². The molecule has 1 saturated heterocycles. The van der Waals surface area contributed by atoms with Gasteiger partial charge in [0, 0.05) is 6.42 Å². The molecule has 5 heteroatoms. The summed E-state index contributed by atoms with van der Waals surface area (Å²) < 4.78 is 24.9. The van der Waals surface area contributed by atoms with Crippen LogP contribution >= 0.6 is 0 Å². The molecular formula is C30H32O5. The number of hydrogen-bond donors (Lipinski definition) is 1. The summed E-state index contributed by atoms with van der Waals surface area (Å²) in [6, 6.07) is 29.7. The van der Waals surface area contributed by atoms with Crippen molar-refractivity contribution in [3.8, 4) is 12.3 Å². The number of rotatable bonds is 11. The summed E-state index contributed by atoms with van der Waals surface area (Å²) in [4.78, 5) is 0. The Hall–Kier alpha value is -2.98. The highest BCUT2D eigenvalue weighted by atomic mass is 16.6. The summed E-state index contributed by atoms with van der Waals surface area (Å²) in [5.74, 6) is 2.62. The van der Waals surface area contributed by atoms with Gasteiger partial charge in [-0.15, -0.1) is 12.3 Å². The Bertz CT molecular complexity index is 1030. The van der Waals surface area contributed by atoms with E-state index in [2.05, 4.69) is 5.92 Å². The number of terminal acetylenes is 1. The molecule has 0 unspecified atom stereocenters. The molecule has 5 atom stereocenters. The van der Waals surface area contributed by atoms with E-state index in [-0.39, 0.29) is 13.0 Å². The molecule has 1 N–H and O–H groups in total. The Morgan fingerprint density at radius 3 is 1.69 bits per heavy atom. The van der Waals surface area contributed by atoms with Gasteiger partial charge in [-0.3, -0.25) is 0 Å². The molecule has 4 rings (SSSR count). The topological polar surface area (TPSA) is 57.2 Å². The van der Waals surface area contributed by atoms with E-state index in [4.69, 9.17) is 25.4 Å². The average Bonchev–Trinajstić information content (AvgIpc) is 2.90. The molecule has 0 saturated carbocycles. The smallest absolute Gasteiger partial charge is 0.115 e. The Labute approximate surface area is 207 Å². The highest BCUT2D eigenvalue weighted by molar-refractivity contribution is 5.15. The SMILES string of the molecule is C#CC[C@@H]1O[C@H](COCc2ccccc2)[C@@H](OCc2ccccc2)[C@H](OCc2ccccc2)[C@H]1O. The van der Waals surface area contributed by atoms with E-state index in [0.29, 0.717) is 19.8 Å². The second-order valence-corrected chi connectivity index (χ2v) is 8.63. The third-order valence-electron chi connectivity index (χ3n) is 6.04. The quantitative estimate of drug-likeness (QED) is 0.416. The maximum Gasteiger partial charge on any atom is 0.115 e. The van der Waals surface area contributed by atoms with E-state index >= 15 is 0 Å². The van der Waals surface area contributed by atoms with Crippen molar-refractivity contribution < 1.29 is 24.1 Å². The monoisotopic (exact) mass is 472 g/mol. The number of ether oxygens (including phenoxy) is 4. The third kappa shape index (κ3) is 7.25. The van der Waals surface area contributed by atoms with Crippen molar-refractivity contribution in [2.24, 2.45) is 0 Å². The summed E-state index contributed by atoms with van der Waals surface area (Å²) in [7, 11) is 0. The lowest BCUT2D eigenvalue weighted by molar-refractivity contribution is -0.260. The van der Waals surface area contributed by atoms with Gasteiger partial charge in [0.2, 0.25) is 0 Å². The molecule has 1 aliphatic heterocycles. The van der Waals surface area contributed by atoms with Crippen LogP contribution in [0.25, 0.3) is 0 Å². The molecule has 0 spiro atoms. The predicted molar refractivity (Wildman–Crippen MR) is 134 cm³/mol. The minimum atomic E-state index is -0.930. The zero-order chi connectivity index (χ0) is 24.3. The fourth-order valence-electron chi connectivity index (χ4n) is 4.22. The summed E-state index contributed by atoms with van der Waals surface area (Å²) in [5.41, 5.74) is 3.11. The standard InChI is InChI=1S/C30H32O5/c1-2-12-26-28(31)30(34-21-25-17-10-5-11-18-25)29(33-20-24-15-8-4-9-16-24)27(35-26)22-32-19-23-13-6-3-7-14-23/h1,3-11,13-18,26-31H,12,19-22H2/t26-,27+,28-,29+,30+/m0/s1. The summed E-state index contributed by atoms with van der Waals surface area (Å²) in [6.07, 6.45) is 2.73. The van der Waals surface area contributed by atoms with E-state index in [1.165, 1.54) is 0 Å². The van der Waals surface area contributed by atoms with Gasteiger partial charge in [0.1, 0.15) is 24.4 Å². The molecule has 0 radical (unpaired) electrons. The van der Waals surface area contributed by atoms with Crippen molar-refractivity contribution >= 4 is 0 Å². The lowest BCUT2D eigenvalue weighted by atomic mass is 9.93. The summed E-state index contributed by atoms with van der Waals surface area (Å²) in [5, 5.41) is 11.2. The van der Waals surface area contributed by atoms with Gasteiger partial charge < -0.3 is 24.1 Å². The van der Waals surface area contributed by atoms with Crippen molar-refractivity contribution in [1.82, 2.24) is 0 Å². The molecule has 3 aromatic carbocycles. The summed E-state index contributed by atoms with van der Waals surface area (Å²) >= 11 is 0. The second kappa shape index (κ2) is 13.2. The largest absolute Gasteiger partial charge is 0.388 e. The van der Waals surface area contributed by atoms with Crippen molar-refractivity contribution in [2.45, 2.75) is 56.8 Å². The van der Waals surface area contributed by atoms with E-state index in [9.17, 15) is 5.11 Å². The van der Waals surface area contributed by atoms with Crippen molar-refractivity contribution in [2.75, 3.05) is 6.61 Å². The van der Waals surface area contributed by atoms with Crippen LogP contribution in [-0.2, 0) is 38.8 Å². The second-order valence-electron chi connectivity index (χ2n) is 8.63. The minimum Gasteiger partial charge on any atom is -0.388 e. The Morgan fingerprint density at radius 2 is 1.17 bits per heavy atom. The van der Waals surface area contributed by atoms with Gasteiger partial charge in [0.25, 0.3) is 0 Å². The molecule has 1 fully saturated rings. The Balaban J connectivity index is 1.51. The van der Waals surface area contributed by atoms with Gasteiger partial charge in [-0.25, -0.2) is 0 Å². The molecule has 5 nitrogen and oxygen atoms in total. The molecular weight excluding hydrogens is 440 g/mol. The van der Waals surface area contributed by atoms with Crippen molar-refractivity contribution in [1.29, 1.82) is 0 Å². The number of benzene rings is 3. The molecule has 3 aromatic rings. The molecule has 1 heterocycles. The lowest BCUT2D eigenvalue weighted by Gasteiger charge is -2.44. The summed E-state index contributed by atoms with van der Waals surface area (Å²) in [6.45, 7) is 1.44.